The first-order chi connectivity index (χ1) is 15.9. The van der Waals surface area contributed by atoms with Crippen molar-refractivity contribution in [2.45, 2.75) is 58.0 Å². The first-order valence-electron chi connectivity index (χ1n) is 12.5. The molecule has 2 aliphatic rings. The van der Waals surface area contributed by atoms with Gasteiger partial charge in [-0.1, -0.05) is 6.92 Å². The van der Waals surface area contributed by atoms with Gasteiger partial charge in [0.15, 0.2) is 0 Å². The van der Waals surface area contributed by atoms with Crippen molar-refractivity contribution >= 4 is 12.0 Å². The highest BCUT2D eigenvalue weighted by molar-refractivity contribution is 5.74. The van der Waals surface area contributed by atoms with Crippen LogP contribution in [0.1, 0.15) is 44.4 Å². The molecule has 0 radical (unpaired) electrons. The molecule has 0 saturated carbocycles. The zero-order valence-electron chi connectivity index (χ0n) is 20.9. The fourth-order valence-electron chi connectivity index (χ4n) is 5.31. The number of hydrogen-bond donors (Lipinski definition) is 2. The maximum atomic E-state index is 13.1. The minimum atomic E-state index is 0.0467. The first-order valence-corrected chi connectivity index (χ1v) is 12.5. The summed E-state index contributed by atoms with van der Waals surface area (Å²) in [6, 6.07) is 0.686. The van der Waals surface area contributed by atoms with E-state index in [1.54, 1.807) is 7.11 Å². The van der Waals surface area contributed by atoms with Crippen LogP contribution in [0, 0.1) is 5.92 Å². The Morgan fingerprint density at radius 2 is 2.12 bits per heavy atom. The van der Waals surface area contributed by atoms with Crippen molar-refractivity contribution < 1.29 is 9.53 Å². The second-order valence-electron chi connectivity index (χ2n) is 9.54. The summed E-state index contributed by atoms with van der Waals surface area (Å²) in [6.45, 7) is 10.3. The number of nitrogens with one attached hydrogen (secondary N) is 1. The standard InChI is InChI=1S/C24H43N7O2/c1-5-8-31-17-20(13-18-14-21-19(15-22(18)31)16-26-23(25)28-21)27-24(32)30(6-2)11-10-29(3)9-7-12-33-4/h16,18,20,22H,5-15,17H2,1-4H3,(H,27,32)(H2,25,26,28)/t18-,20?,22-/m1/s1. The lowest BCUT2D eigenvalue weighted by atomic mass is 9.76. The molecular weight excluding hydrogens is 418 g/mol. The molecule has 186 valence electrons. The summed E-state index contributed by atoms with van der Waals surface area (Å²) >= 11 is 0. The number of aromatic nitrogens is 2. The number of rotatable bonds is 11. The number of carbonyl (C=O) groups is 1. The number of nitrogens with two attached hydrogens (primary N) is 1. The number of amides is 2. The van der Waals surface area contributed by atoms with E-state index in [4.69, 9.17) is 10.5 Å². The van der Waals surface area contributed by atoms with Crippen molar-refractivity contribution in [1.29, 1.82) is 0 Å². The lowest BCUT2D eigenvalue weighted by molar-refractivity contribution is 0.0624. The number of carbonyl (C=O) groups excluding carboxylic acids is 1. The summed E-state index contributed by atoms with van der Waals surface area (Å²) in [7, 11) is 3.83. The Morgan fingerprint density at radius 1 is 1.30 bits per heavy atom. The number of ether oxygens (including phenoxy) is 1. The molecule has 9 heteroatoms. The molecule has 0 bridgehead atoms. The molecule has 9 nitrogen and oxygen atoms in total. The number of likely N-dealkylation sites (tertiary alicyclic amines) is 1. The van der Waals surface area contributed by atoms with Gasteiger partial charge in [0, 0.05) is 70.4 Å². The van der Waals surface area contributed by atoms with E-state index < -0.39 is 0 Å². The Morgan fingerprint density at radius 3 is 2.85 bits per heavy atom. The normalized spacial score (nSPS) is 22.6. The molecule has 1 saturated heterocycles. The second-order valence-corrected chi connectivity index (χ2v) is 9.54. The number of nitrogen functional groups attached to an aromatic ring is 1. The average molecular weight is 462 g/mol. The Labute approximate surface area is 199 Å². The summed E-state index contributed by atoms with van der Waals surface area (Å²) < 4.78 is 5.13. The highest BCUT2D eigenvalue weighted by Gasteiger charge is 2.40. The van der Waals surface area contributed by atoms with Gasteiger partial charge in [0.1, 0.15) is 0 Å². The molecule has 3 atom stereocenters. The summed E-state index contributed by atoms with van der Waals surface area (Å²) in [6.07, 6.45) is 6.86. The minimum absolute atomic E-state index is 0.0467. The molecule has 0 spiro atoms. The Kier molecular flexibility index (Phi) is 9.70. The number of nitrogens with zero attached hydrogens (tertiary/aromatic N) is 5. The van der Waals surface area contributed by atoms with Gasteiger partial charge in [-0.2, -0.15) is 0 Å². The topological polar surface area (TPSA) is 99.9 Å². The fourth-order valence-corrected chi connectivity index (χ4v) is 5.31. The van der Waals surface area contributed by atoms with Crippen LogP contribution in [0.2, 0.25) is 0 Å². The van der Waals surface area contributed by atoms with E-state index in [-0.39, 0.29) is 12.1 Å². The van der Waals surface area contributed by atoms with Gasteiger partial charge in [0.25, 0.3) is 0 Å². The molecule has 1 aliphatic carbocycles. The predicted molar refractivity (Wildman–Crippen MR) is 131 cm³/mol. The lowest BCUT2D eigenvalue weighted by Crippen LogP contribution is -2.59. The molecule has 1 aromatic heterocycles. The van der Waals surface area contributed by atoms with E-state index in [1.165, 1.54) is 5.56 Å². The van der Waals surface area contributed by atoms with E-state index in [1.807, 2.05) is 18.0 Å². The first kappa shape index (κ1) is 25.6. The quantitative estimate of drug-likeness (QED) is 0.483. The van der Waals surface area contributed by atoms with Gasteiger partial charge in [-0.3, -0.25) is 4.90 Å². The number of methoxy groups -OCH3 is 1. The predicted octanol–water partition coefficient (Wildman–Crippen LogP) is 1.63. The van der Waals surface area contributed by atoms with Gasteiger partial charge >= 0.3 is 6.03 Å². The van der Waals surface area contributed by atoms with Crippen LogP contribution >= 0.6 is 0 Å². The molecule has 1 fully saturated rings. The summed E-state index contributed by atoms with van der Waals surface area (Å²) in [5.74, 6) is 0.823. The molecule has 2 amide bonds. The minimum Gasteiger partial charge on any atom is -0.385 e. The zero-order chi connectivity index (χ0) is 23.8. The number of urea groups is 1. The van der Waals surface area contributed by atoms with Crippen molar-refractivity contribution in [3.05, 3.63) is 17.5 Å². The largest absolute Gasteiger partial charge is 0.385 e. The summed E-state index contributed by atoms with van der Waals surface area (Å²) in [5, 5.41) is 3.35. The summed E-state index contributed by atoms with van der Waals surface area (Å²) in [5.41, 5.74) is 8.15. The van der Waals surface area contributed by atoms with Gasteiger partial charge in [-0.15, -0.1) is 0 Å². The number of hydrogen-bond acceptors (Lipinski definition) is 7. The molecular formula is C24H43N7O2. The summed E-state index contributed by atoms with van der Waals surface area (Å²) in [4.78, 5) is 28.6. The van der Waals surface area contributed by atoms with E-state index in [0.29, 0.717) is 24.5 Å². The molecule has 3 rings (SSSR count). The van der Waals surface area contributed by atoms with Gasteiger partial charge in [0.2, 0.25) is 5.95 Å². The van der Waals surface area contributed by atoms with Crippen molar-refractivity contribution in [3.63, 3.8) is 0 Å². The number of fused-ring (bicyclic) bond motifs is 2. The fraction of sp³-hybridized carbons (Fsp3) is 0.792. The van der Waals surface area contributed by atoms with Gasteiger partial charge in [-0.05, 0) is 64.1 Å². The Bertz CT molecular complexity index is 762. The lowest BCUT2D eigenvalue weighted by Gasteiger charge is -2.47. The average Bonchev–Trinajstić information content (AvgIpc) is 2.78. The van der Waals surface area contributed by atoms with Crippen LogP contribution in [-0.2, 0) is 17.6 Å². The van der Waals surface area contributed by atoms with Crippen LogP contribution in [0.3, 0.4) is 0 Å². The van der Waals surface area contributed by atoms with E-state index >= 15 is 0 Å². The van der Waals surface area contributed by atoms with Crippen LogP contribution in [0.5, 0.6) is 0 Å². The monoisotopic (exact) mass is 461 g/mol. The third-order valence-electron chi connectivity index (χ3n) is 7.06. The highest BCUT2D eigenvalue weighted by Crippen LogP contribution is 2.34. The highest BCUT2D eigenvalue weighted by atomic mass is 16.5. The third-order valence-corrected chi connectivity index (χ3v) is 7.06. The van der Waals surface area contributed by atoms with Crippen LogP contribution < -0.4 is 11.1 Å². The second kappa shape index (κ2) is 12.5. The molecule has 33 heavy (non-hydrogen) atoms. The molecule has 2 heterocycles. The SMILES string of the molecule is CCCN1CC(NC(=O)N(CC)CCN(C)CCCOC)C[C@@H]2Cc3nc(N)ncc3C[C@H]21. The molecule has 1 unspecified atom stereocenters. The van der Waals surface area contributed by atoms with Crippen LogP contribution in [-0.4, -0.2) is 103 Å². The van der Waals surface area contributed by atoms with Crippen molar-refractivity contribution in [1.82, 2.24) is 30.0 Å². The molecule has 3 N–H and O–H groups in total. The van der Waals surface area contributed by atoms with Gasteiger partial charge in [0.05, 0.1) is 0 Å². The van der Waals surface area contributed by atoms with E-state index in [0.717, 1.165) is 77.1 Å². The van der Waals surface area contributed by atoms with Gasteiger partial charge < -0.3 is 25.6 Å². The molecule has 1 aromatic rings. The number of likely N-dealkylation sites (N-methyl/N-ethyl adjacent to an activating group) is 2. The molecule has 0 aromatic carbocycles. The van der Waals surface area contributed by atoms with Gasteiger partial charge in [-0.25, -0.2) is 14.8 Å². The van der Waals surface area contributed by atoms with Crippen molar-refractivity contribution in [3.8, 4) is 0 Å². The van der Waals surface area contributed by atoms with Crippen molar-refractivity contribution in [2.24, 2.45) is 5.92 Å². The van der Waals surface area contributed by atoms with Crippen LogP contribution in [0.4, 0.5) is 10.7 Å². The van der Waals surface area contributed by atoms with E-state index in [9.17, 15) is 4.79 Å². The Balaban J connectivity index is 1.58. The maximum absolute atomic E-state index is 13.1. The van der Waals surface area contributed by atoms with E-state index in [2.05, 4.69) is 39.1 Å². The maximum Gasteiger partial charge on any atom is 0.317 e. The van der Waals surface area contributed by atoms with Crippen LogP contribution in [0.25, 0.3) is 0 Å². The third kappa shape index (κ3) is 7.01. The zero-order valence-corrected chi connectivity index (χ0v) is 20.9. The number of anilines is 1. The van der Waals surface area contributed by atoms with Crippen molar-refractivity contribution in [2.75, 3.05) is 65.8 Å². The van der Waals surface area contributed by atoms with Crippen LogP contribution in [0.15, 0.2) is 6.20 Å². The number of piperidine rings is 1. The Hall–Kier alpha value is -1.97. The molecule has 1 aliphatic heterocycles. The smallest absolute Gasteiger partial charge is 0.317 e.